The lowest BCUT2D eigenvalue weighted by atomic mass is 10.1. The summed E-state index contributed by atoms with van der Waals surface area (Å²) in [5, 5.41) is 13.2. The number of aliphatic hydroxyl groups is 1. The first kappa shape index (κ1) is 17.6. The Morgan fingerprint density at radius 3 is 2.57 bits per heavy atom. The quantitative estimate of drug-likeness (QED) is 0.776. The molecule has 1 unspecified atom stereocenters. The van der Waals surface area contributed by atoms with Crippen LogP contribution >= 0.6 is 11.6 Å². The molecule has 2 aromatic carbocycles. The SMILES string of the molecule is COc1cccc(CNCC(C)O)c1OCc1ccccc1Cl. The Bertz CT molecular complexity index is 631. The van der Waals surface area contributed by atoms with Gasteiger partial charge < -0.3 is 19.9 Å². The van der Waals surface area contributed by atoms with E-state index < -0.39 is 6.10 Å². The lowest BCUT2D eigenvalue weighted by Gasteiger charge is -2.16. The maximum absolute atomic E-state index is 9.35. The number of halogens is 1. The molecule has 2 aromatic rings. The van der Waals surface area contributed by atoms with E-state index in [2.05, 4.69) is 5.32 Å². The molecule has 0 radical (unpaired) electrons. The van der Waals surface area contributed by atoms with Crippen molar-refractivity contribution in [2.75, 3.05) is 13.7 Å². The normalized spacial score (nSPS) is 12.0. The second kappa shape index (κ2) is 8.77. The summed E-state index contributed by atoms with van der Waals surface area (Å²) in [5.74, 6) is 1.36. The number of hydrogen-bond donors (Lipinski definition) is 2. The van der Waals surface area contributed by atoms with Gasteiger partial charge in [0.2, 0.25) is 0 Å². The highest BCUT2D eigenvalue weighted by Gasteiger charge is 2.12. The van der Waals surface area contributed by atoms with Gasteiger partial charge in [0.15, 0.2) is 11.5 Å². The van der Waals surface area contributed by atoms with E-state index in [0.717, 1.165) is 11.1 Å². The van der Waals surface area contributed by atoms with Gasteiger partial charge in [-0.15, -0.1) is 0 Å². The molecule has 0 saturated heterocycles. The second-order valence-corrected chi connectivity index (χ2v) is 5.72. The lowest BCUT2D eigenvalue weighted by molar-refractivity contribution is 0.190. The largest absolute Gasteiger partial charge is 0.493 e. The average molecular weight is 336 g/mol. The molecule has 0 aliphatic rings. The van der Waals surface area contributed by atoms with Crippen LogP contribution in [0, 0.1) is 0 Å². The molecule has 0 fully saturated rings. The van der Waals surface area contributed by atoms with Crippen LogP contribution in [0.1, 0.15) is 18.1 Å². The fraction of sp³-hybridized carbons (Fsp3) is 0.333. The van der Waals surface area contributed by atoms with Crippen molar-refractivity contribution in [3.05, 3.63) is 58.6 Å². The monoisotopic (exact) mass is 335 g/mol. The minimum Gasteiger partial charge on any atom is -0.493 e. The Morgan fingerprint density at radius 1 is 1.13 bits per heavy atom. The third-order valence-electron chi connectivity index (χ3n) is 3.37. The number of nitrogens with one attached hydrogen (secondary N) is 1. The molecule has 0 heterocycles. The van der Waals surface area contributed by atoms with Crippen molar-refractivity contribution in [1.82, 2.24) is 5.32 Å². The summed E-state index contributed by atoms with van der Waals surface area (Å²) in [6, 6.07) is 13.3. The Labute approximate surface area is 142 Å². The van der Waals surface area contributed by atoms with Gasteiger partial charge in [-0.2, -0.15) is 0 Å². The van der Waals surface area contributed by atoms with Crippen LogP contribution in [-0.4, -0.2) is 24.9 Å². The van der Waals surface area contributed by atoms with Gasteiger partial charge in [0.25, 0.3) is 0 Å². The number of aliphatic hydroxyl groups excluding tert-OH is 1. The van der Waals surface area contributed by atoms with E-state index >= 15 is 0 Å². The van der Waals surface area contributed by atoms with Gasteiger partial charge in [0.05, 0.1) is 13.2 Å². The van der Waals surface area contributed by atoms with Crippen LogP contribution in [0.5, 0.6) is 11.5 Å². The highest BCUT2D eigenvalue weighted by molar-refractivity contribution is 6.31. The number of rotatable bonds is 8. The first-order valence-corrected chi connectivity index (χ1v) is 7.90. The van der Waals surface area contributed by atoms with Gasteiger partial charge in [-0.25, -0.2) is 0 Å². The summed E-state index contributed by atoms with van der Waals surface area (Å²) in [7, 11) is 1.62. The molecule has 0 saturated carbocycles. The number of para-hydroxylation sites is 1. The van der Waals surface area contributed by atoms with Crippen molar-refractivity contribution in [3.8, 4) is 11.5 Å². The maximum atomic E-state index is 9.35. The highest BCUT2D eigenvalue weighted by Crippen LogP contribution is 2.32. The van der Waals surface area contributed by atoms with Gasteiger partial charge in [0.1, 0.15) is 6.61 Å². The molecule has 0 amide bonds. The molecular formula is C18H22ClNO3. The van der Waals surface area contributed by atoms with E-state index in [-0.39, 0.29) is 0 Å². The molecular weight excluding hydrogens is 314 g/mol. The zero-order chi connectivity index (χ0) is 16.7. The fourth-order valence-corrected chi connectivity index (χ4v) is 2.40. The molecule has 4 nitrogen and oxygen atoms in total. The van der Waals surface area contributed by atoms with Gasteiger partial charge in [-0.05, 0) is 19.1 Å². The minimum absolute atomic E-state index is 0.365. The maximum Gasteiger partial charge on any atom is 0.166 e. The molecule has 23 heavy (non-hydrogen) atoms. The number of ether oxygens (including phenoxy) is 2. The molecule has 0 bridgehead atoms. The smallest absolute Gasteiger partial charge is 0.166 e. The molecule has 0 aliphatic carbocycles. The van der Waals surface area contributed by atoms with E-state index in [1.165, 1.54) is 0 Å². The van der Waals surface area contributed by atoms with Crippen LogP contribution in [0.4, 0.5) is 0 Å². The van der Waals surface area contributed by atoms with Crippen LogP contribution in [-0.2, 0) is 13.2 Å². The molecule has 2 rings (SSSR count). The summed E-state index contributed by atoms with van der Waals surface area (Å²) < 4.78 is 11.4. The number of benzene rings is 2. The average Bonchev–Trinajstić information content (AvgIpc) is 2.54. The summed E-state index contributed by atoms with van der Waals surface area (Å²) in [4.78, 5) is 0. The van der Waals surface area contributed by atoms with Crippen molar-refractivity contribution in [2.45, 2.75) is 26.2 Å². The standard InChI is InChI=1S/C18H22ClNO3/c1-13(21)10-20-11-14-7-5-9-17(22-2)18(14)23-12-15-6-3-4-8-16(15)19/h3-9,13,20-21H,10-12H2,1-2H3. The van der Waals surface area contributed by atoms with Gasteiger partial charge in [-0.3, -0.25) is 0 Å². The molecule has 2 N–H and O–H groups in total. The van der Waals surface area contributed by atoms with E-state index in [1.54, 1.807) is 14.0 Å². The predicted octanol–water partition coefficient (Wildman–Crippen LogP) is 3.40. The van der Waals surface area contributed by atoms with Gasteiger partial charge in [0, 0.05) is 29.2 Å². The zero-order valence-corrected chi connectivity index (χ0v) is 14.1. The van der Waals surface area contributed by atoms with Crippen molar-refractivity contribution >= 4 is 11.6 Å². The molecule has 0 spiro atoms. The lowest BCUT2D eigenvalue weighted by Crippen LogP contribution is -2.24. The van der Waals surface area contributed by atoms with E-state index in [9.17, 15) is 5.11 Å². The number of hydrogen-bond acceptors (Lipinski definition) is 4. The van der Waals surface area contributed by atoms with Crippen LogP contribution in [0.3, 0.4) is 0 Å². The fourth-order valence-electron chi connectivity index (χ4n) is 2.21. The van der Waals surface area contributed by atoms with Crippen molar-refractivity contribution in [3.63, 3.8) is 0 Å². The zero-order valence-electron chi connectivity index (χ0n) is 13.4. The summed E-state index contributed by atoms with van der Waals surface area (Å²) in [5.41, 5.74) is 1.89. The molecule has 0 aromatic heterocycles. The summed E-state index contributed by atoms with van der Waals surface area (Å²) in [6.45, 7) is 3.21. The van der Waals surface area contributed by atoms with Crippen LogP contribution in [0.25, 0.3) is 0 Å². The van der Waals surface area contributed by atoms with Crippen molar-refractivity contribution < 1.29 is 14.6 Å². The molecule has 124 valence electrons. The topological polar surface area (TPSA) is 50.7 Å². The minimum atomic E-state index is -0.395. The Kier molecular flexibility index (Phi) is 6.71. The predicted molar refractivity (Wildman–Crippen MR) is 92.2 cm³/mol. The Morgan fingerprint density at radius 2 is 1.87 bits per heavy atom. The van der Waals surface area contributed by atoms with Crippen molar-refractivity contribution in [2.24, 2.45) is 0 Å². The molecule has 1 atom stereocenters. The van der Waals surface area contributed by atoms with Crippen LogP contribution < -0.4 is 14.8 Å². The Hall–Kier alpha value is -1.75. The summed E-state index contributed by atoms with van der Waals surface area (Å²) in [6.07, 6.45) is -0.395. The number of methoxy groups -OCH3 is 1. The van der Waals surface area contributed by atoms with Crippen LogP contribution in [0.15, 0.2) is 42.5 Å². The first-order valence-electron chi connectivity index (χ1n) is 7.52. The third kappa shape index (κ3) is 5.13. The molecule has 5 heteroatoms. The van der Waals surface area contributed by atoms with Gasteiger partial charge in [-0.1, -0.05) is 41.9 Å². The van der Waals surface area contributed by atoms with E-state index in [0.29, 0.717) is 36.2 Å². The Balaban J connectivity index is 2.13. The van der Waals surface area contributed by atoms with E-state index in [1.807, 2.05) is 42.5 Å². The van der Waals surface area contributed by atoms with Crippen molar-refractivity contribution in [1.29, 1.82) is 0 Å². The third-order valence-corrected chi connectivity index (χ3v) is 3.73. The highest BCUT2D eigenvalue weighted by atomic mass is 35.5. The second-order valence-electron chi connectivity index (χ2n) is 5.31. The summed E-state index contributed by atoms with van der Waals surface area (Å²) >= 11 is 6.17. The first-order chi connectivity index (χ1) is 11.1. The van der Waals surface area contributed by atoms with Crippen LogP contribution in [0.2, 0.25) is 5.02 Å². The van der Waals surface area contributed by atoms with Gasteiger partial charge >= 0.3 is 0 Å². The molecule has 0 aliphatic heterocycles. The van der Waals surface area contributed by atoms with E-state index in [4.69, 9.17) is 21.1 Å².